The summed E-state index contributed by atoms with van der Waals surface area (Å²) in [5, 5.41) is 8.59. The number of amides is 1. The molecule has 90 valence electrons. The maximum Gasteiger partial charge on any atom is 0.219 e. The van der Waals surface area contributed by atoms with Crippen molar-refractivity contribution in [3.63, 3.8) is 0 Å². The normalized spacial score (nSPS) is 10.3. The molecule has 0 unspecified atom stereocenters. The number of hydrogen-bond donors (Lipinski definition) is 1. The molecule has 0 aromatic heterocycles. The van der Waals surface area contributed by atoms with Crippen molar-refractivity contribution >= 4 is 5.91 Å². The van der Waals surface area contributed by atoms with E-state index in [2.05, 4.69) is 0 Å². The molecule has 0 saturated carbocycles. The first-order valence-electron chi connectivity index (χ1n) is 6.08. The lowest BCUT2D eigenvalue weighted by molar-refractivity contribution is -0.128. The first-order chi connectivity index (χ1) is 7.22. The molecule has 0 aliphatic rings. The van der Waals surface area contributed by atoms with Gasteiger partial charge in [0.05, 0.1) is 0 Å². The SMILES string of the molecule is CCN(CCCCCCCCO)C(C)=O. The molecule has 1 N–H and O–H groups in total. The first-order valence-corrected chi connectivity index (χ1v) is 6.08. The van der Waals surface area contributed by atoms with E-state index < -0.39 is 0 Å². The van der Waals surface area contributed by atoms with E-state index in [4.69, 9.17) is 5.11 Å². The van der Waals surface area contributed by atoms with E-state index in [0.29, 0.717) is 6.61 Å². The largest absolute Gasteiger partial charge is 0.396 e. The van der Waals surface area contributed by atoms with Crippen molar-refractivity contribution in [3.8, 4) is 0 Å². The molecule has 0 bridgehead atoms. The van der Waals surface area contributed by atoms with Crippen LogP contribution in [0, 0.1) is 0 Å². The minimum absolute atomic E-state index is 0.179. The second kappa shape index (κ2) is 9.97. The van der Waals surface area contributed by atoms with Crippen LogP contribution in [0.25, 0.3) is 0 Å². The predicted octanol–water partition coefficient (Wildman–Crippen LogP) is 2.19. The van der Waals surface area contributed by atoms with Crippen LogP contribution in [0.4, 0.5) is 0 Å². The lowest BCUT2D eigenvalue weighted by atomic mass is 10.1. The fourth-order valence-electron chi connectivity index (χ4n) is 1.66. The van der Waals surface area contributed by atoms with Crippen LogP contribution in [-0.2, 0) is 4.79 Å². The van der Waals surface area contributed by atoms with E-state index in [9.17, 15) is 4.79 Å². The monoisotopic (exact) mass is 215 g/mol. The third-order valence-corrected chi connectivity index (χ3v) is 2.66. The van der Waals surface area contributed by atoms with Gasteiger partial charge in [-0.15, -0.1) is 0 Å². The van der Waals surface area contributed by atoms with Crippen molar-refractivity contribution in [1.29, 1.82) is 0 Å². The molecule has 0 aromatic carbocycles. The summed E-state index contributed by atoms with van der Waals surface area (Å²) in [6, 6.07) is 0. The van der Waals surface area contributed by atoms with Gasteiger partial charge < -0.3 is 10.0 Å². The second-order valence-electron chi connectivity index (χ2n) is 3.94. The van der Waals surface area contributed by atoms with Crippen LogP contribution in [-0.4, -0.2) is 35.6 Å². The quantitative estimate of drug-likeness (QED) is 0.599. The van der Waals surface area contributed by atoms with Gasteiger partial charge in [0.25, 0.3) is 0 Å². The van der Waals surface area contributed by atoms with Crippen molar-refractivity contribution in [1.82, 2.24) is 4.90 Å². The van der Waals surface area contributed by atoms with E-state index in [1.54, 1.807) is 6.92 Å². The zero-order chi connectivity index (χ0) is 11.5. The highest BCUT2D eigenvalue weighted by atomic mass is 16.2. The lowest BCUT2D eigenvalue weighted by Crippen LogP contribution is -2.29. The summed E-state index contributed by atoms with van der Waals surface area (Å²) >= 11 is 0. The summed E-state index contributed by atoms with van der Waals surface area (Å²) in [6.07, 6.45) is 6.76. The predicted molar refractivity (Wildman–Crippen MR) is 62.7 cm³/mol. The van der Waals surface area contributed by atoms with Crippen LogP contribution >= 0.6 is 0 Å². The van der Waals surface area contributed by atoms with E-state index in [1.807, 2.05) is 11.8 Å². The third kappa shape index (κ3) is 8.43. The molecule has 0 atom stereocenters. The van der Waals surface area contributed by atoms with E-state index in [0.717, 1.165) is 32.4 Å². The summed E-state index contributed by atoms with van der Waals surface area (Å²) in [7, 11) is 0. The number of carbonyl (C=O) groups is 1. The van der Waals surface area contributed by atoms with Crippen LogP contribution < -0.4 is 0 Å². The van der Waals surface area contributed by atoms with Crippen LogP contribution in [0.1, 0.15) is 52.4 Å². The fraction of sp³-hybridized carbons (Fsp3) is 0.917. The molecule has 0 fully saturated rings. The molecule has 0 aromatic rings. The van der Waals surface area contributed by atoms with E-state index >= 15 is 0 Å². The molecule has 0 saturated heterocycles. The number of nitrogens with zero attached hydrogens (tertiary/aromatic N) is 1. The number of aliphatic hydroxyl groups is 1. The molecular weight excluding hydrogens is 190 g/mol. The number of hydrogen-bond acceptors (Lipinski definition) is 2. The molecule has 0 aliphatic heterocycles. The highest BCUT2D eigenvalue weighted by molar-refractivity contribution is 5.73. The molecule has 0 heterocycles. The van der Waals surface area contributed by atoms with Gasteiger partial charge in [-0.3, -0.25) is 4.79 Å². The standard InChI is InChI=1S/C12H25NO2/c1-3-13(12(2)15)10-8-6-4-5-7-9-11-14/h14H,3-11H2,1-2H3. The summed E-state index contributed by atoms with van der Waals surface area (Å²) in [6.45, 7) is 5.67. The summed E-state index contributed by atoms with van der Waals surface area (Å²) < 4.78 is 0. The Morgan fingerprint density at radius 3 is 2.07 bits per heavy atom. The molecule has 0 rings (SSSR count). The number of aliphatic hydroxyl groups excluding tert-OH is 1. The molecule has 15 heavy (non-hydrogen) atoms. The molecule has 0 aliphatic carbocycles. The van der Waals surface area contributed by atoms with Crippen molar-refractivity contribution in [2.75, 3.05) is 19.7 Å². The number of rotatable bonds is 9. The molecule has 3 heteroatoms. The zero-order valence-electron chi connectivity index (χ0n) is 10.2. The maximum absolute atomic E-state index is 11.1. The minimum atomic E-state index is 0.179. The minimum Gasteiger partial charge on any atom is -0.396 e. The summed E-state index contributed by atoms with van der Waals surface area (Å²) in [5.74, 6) is 0.179. The fourth-order valence-corrected chi connectivity index (χ4v) is 1.66. The Kier molecular flexibility index (Phi) is 9.59. The summed E-state index contributed by atoms with van der Waals surface area (Å²) in [4.78, 5) is 13.0. The van der Waals surface area contributed by atoms with Crippen LogP contribution in [0.15, 0.2) is 0 Å². The van der Waals surface area contributed by atoms with Crippen LogP contribution in [0.3, 0.4) is 0 Å². The van der Waals surface area contributed by atoms with Gasteiger partial charge in [-0.05, 0) is 19.8 Å². The Bertz CT molecular complexity index is 160. The van der Waals surface area contributed by atoms with Crippen molar-refractivity contribution in [2.24, 2.45) is 0 Å². The topological polar surface area (TPSA) is 40.5 Å². The van der Waals surface area contributed by atoms with Crippen molar-refractivity contribution < 1.29 is 9.90 Å². The number of carbonyl (C=O) groups excluding carboxylic acids is 1. The molecular formula is C12H25NO2. The first kappa shape index (κ1) is 14.4. The van der Waals surface area contributed by atoms with Gasteiger partial charge in [0.2, 0.25) is 5.91 Å². The van der Waals surface area contributed by atoms with Gasteiger partial charge in [-0.1, -0.05) is 25.7 Å². The Morgan fingerprint density at radius 1 is 1.07 bits per heavy atom. The van der Waals surface area contributed by atoms with Crippen LogP contribution in [0.5, 0.6) is 0 Å². The average Bonchev–Trinajstić information content (AvgIpc) is 2.21. The Balaban J connectivity index is 3.25. The van der Waals surface area contributed by atoms with Crippen molar-refractivity contribution in [2.45, 2.75) is 52.4 Å². The third-order valence-electron chi connectivity index (χ3n) is 2.66. The zero-order valence-corrected chi connectivity index (χ0v) is 10.2. The van der Waals surface area contributed by atoms with Gasteiger partial charge in [-0.2, -0.15) is 0 Å². The average molecular weight is 215 g/mol. The van der Waals surface area contributed by atoms with Crippen molar-refractivity contribution in [3.05, 3.63) is 0 Å². The van der Waals surface area contributed by atoms with Gasteiger partial charge in [0.15, 0.2) is 0 Å². The van der Waals surface area contributed by atoms with Gasteiger partial charge in [0.1, 0.15) is 0 Å². The smallest absolute Gasteiger partial charge is 0.219 e. The molecule has 1 amide bonds. The van der Waals surface area contributed by atoms with E-state index in [1.165, 1.54) is 19.3 Å². The Labute approximate surface area is 93.5 Å². The summed E-state index contributed by atoms with van der Waals surface area (Å²) in [5.41, 5.74) is 0. The second-order valence-corrected chi connectivity index (χ2v) is 3.94. The van der Waals surface area contributed by atoms with E-state index in [-0.39, 0.29) is 5.91 Å². The lowest BCUT2D eigenvalue weighted by Gasteiger charge is -2.18. The maximum atomic E-state index is 11.1. The number of unbranched alkanes of at least 4 members (excludes halogenated alkanes) is 5. The van der Waals surface area contributed by atoms with Gasteiger partial charge in [0, 0.05) is 26.6 Å². The highest BCUT2D eigenvalue weighted by Gasteiger charge is 2.03. The highest BCUT2D eigenvalue weighted by Crippen LogP contribution is 2.06. The van der Waals surface area contributed by atoms with Gasteiger partial charge in [-0.25, -0.2) is 0 Å². The van der Waals surface area contributed by atoms with Crippen LogP contribution in [0.2, 0.25) is 0 Å². The van der Waals surface area contributed by atoms with Gasteiger partial charge >= 0.3 is 0 Å². The molecule has 3 nitrogen and oxygen atoms in total. The molecule has 0 radical (unpaired) electrons. The molecule has 0 spiro atoms. The Morgan fingerprint density at radius 2 is 1.60 bits per heavy atom. The Hall–Kier alpha value is -0.570.